The molecule has 7 nitrogen and oxygen atoms in total. The van der Waals surface area contributed by atoms with Crippen molar-refractivity contribution in [2.45, 2.75) is 25.0 Å². The van der Waals surface area contributed by atoms with Gasteiger partial charge >= 0.3 is 6.09 Å². The molecule has 1 N–H and O–H groups in total. The third kappa shape index (κ3) is 4.52. The second-order valence-corrected chi connectivity index (χ2v) is 7.90. The number of amides is 1. The number of aliphatic hydroxyl groups is 1. The lowest BCUT2D eigenvalue weighted by Crippen LogP contribution is -2.38. The molecule has 0 bridgehead atoms. The Balaban J connectivity index is 1.34. The molecule has 154 valence electrons. The molecule has 0 radical (unpaired) electrons. The predicted molar refractivity (Wildman–Crippen MR) is 111 cm³/mol. The van der Waals surface area contributed by atoms with Crippen LogP contribution in [0.3, 0.4) is 0 Å². The number of cyclic esters (lactones) is 1. The number of anilines is 2. The van der Waals surface area contributed by atoms with E-state index in [0.29, 0.717) is 28.0 Å². The summed E-state index contributed by atoms with van der Waals surface area (Å²) in [5.41, 5.74) is 0.656. The molecule has 1 aromatic heterocycles. The van der Waals surface area contributed by atoms with Gasteiger partial charge in [0.05, 0.1) is 30.1 Å². The van der Waals surface area contributed by atoms with Crippen molar-refractivity contribution in [2.75, 3.05) is 36.0 Å². The summed E-state index contributed by atoms with van der Waals surface area (Å²) in [6.07, 6.45) is 2.44. The van der Waals surface area contributed by atoms with Crippen molar-refractivity contribution < 1.29 is 19.4 Å². The first kappa shape index (κ1) is 20.1. The maximum absolute atomic E-state index is 11.9. The molecule has 0 spiro atoms. The number of hydrogen-bond acceptors (Lipinski definition) is 6. The summed E-state index contributed by atoms with van der Waals surface area (Å²) in [7, 11) is 0. The summed E-state index contributed by atoms with van der Waals surface area (Å²) >= 11 is 12.2. The van der Waals surface area contributed by atoms with Crippen LogP contribution in [0.15, 0.2) is 36.5 Å². The van der Waals surface area contributed by atoms with Gasteiger partial charge in [-0.05, 0) is 24.3 Å². The van der Waals surface area contributed by atoms with E-state index in [-0.39, 0.29) is 12.7 Å². The zero-order valence-electron chi connectivity index (χ0n) is 15.6. The van der Waals surface area contributed by atoms with Crippen LogP contribution in [-0.2, 0) is 4.74 Å². The quantitative estimate of drug-likeness (QED) is 0.767. The Hall–Kier alpha value is -2.22. The van der Waals surface area contributed by atoms with Crippen molar-refractivity contribution in [1.82, 2.24) is 4.98 Å². The predicted octanol–water partition coefficient (Wildman–Crippen LogP) is 3.75. The molecule has 0 saturated carbocycles. The zero-order chi connectivity index (χ0) is 20.4. The first-order valence-electron chi connectivity index (χ1n) is 9.45. The molecule has 1 atom stereocenters. The fourth-order valence-corrected chi connectivity index (χ4v) is 3.83. The Bertz CT molecular complexity index is 873. The molecule has 2 fully saturated rings. The standard InChI is InChI=1S/C20H21Cl2N3O4/c21-13-1-3-17(22)18(9-13)28-15-5-7-24(8-6-15)19-4-2-14(10-23-19)25-11-16(12-26)29-20(25)27/h1-4,9-10,15-16,26H,5-8,11-12H2/t16-/m0/s1. The van der Waals surface area contributed by atoms with Crippen molar-refractivity contribution in [1.29, 1.82) is 0 Å². The number of halogens is 2. The van der Waals surface area contributed by atoms with Crippen LogP contribution in [0.1, 0.15) is 12.8 Å². The highest BCUT2D eigenvalue weighted by Crippen LogP contribution is 2.31. The number of benzene rings is 1. The van der Waals surface area contributed by atoms with Gasteiger partial charge in [-0.2, -0.15) is 0 Å². The molecule has 2 saturated heterocycles. The summed E-state index contributed by atoms with van der Waals surface area (Å²) < 4.78 is 11.1. The number of rotatable bonds is 5. The largest absolute Gasteiger partial charge is 0.489 e. The van der Waals surface area contributed by atoms with Gasteiger partial charge in [0.2, 0.25) is 0 Å². The maximum Gasteiger partial charge on any atom is 0.414 e. The monoisotopic (exact) mass is 437 g/mol. The summed E-state index contributed by atoms with van der Waals surface area (Å²) in [6.45, 7) is 1.73. The van der Waals surface area contributed by atoms with E-state index in [1.54, 1.807) is 24.4 Å². The first-order chi connectivity index (χ1) is 14.0. The molecule has 9 heteroatoms. The molecular formula is C20H21Cl2N3O4. The second kappa shape index (κ2) is 8.65. The minimum Gasteiger partial charge on any atom is -0.489 e. The molecule has 29 heavy (non-hydrogen) atoms. The van der Waals surface area contributed by atoms with Crippen LogP contribution in [0, 0.1) is 0 Å². The first-order valence-corrected chi connectivity index (χ1v) is 10.2. The van der Waals surface area contributed by atoms with Crippen molar-refractivity contribution in [3.05, 3.63) is 46.6 Å². The van der Waals surface area contributed by atoms with Crippen molar-refractivity contribution >= 4 is 40.8 Å². The molecule has 2 aromatic rings. The number of carbonyl (C=O) groups excluding carboxylic acids is 1. The van der Waals surface area contributed by atoms with Gasteiger partial charge in [0, 0.05) is 37.0 Å². The third-order valence-corrected chi connectivity index (χ3v) is 5.62. The Kier molecular flexibility index (Phi) is 5.99. The molecule has 4 rings (SSSR count). The lowest BCUT2D eigenvalue weighted by Gasteiger charge is -2.33. The summed E-state index contributed by atoms with van der Waals surface area (Å²) in [6, 6.07) is 8.95. The van der Waals surface area contributed by atoms with Crippen LogP contribution < -0.4 is 14.5 Å². The Morgan fingerprint density at radius 3 is 2.66 bits per heavy atom. The van der Waals surface area contributed by atoms with E-state index in [4.69, 9.17) is 37.8 Å². The Labute approximate surface area is 178 Å². The van der Waals surface area contributed by atoms with Crippen molar-refractivity contribution in [3.8, 4) is 5.75 Å². The number of hydrogen-bond donors (Lipinski definition) is 1. The molecular weight excluding hydrogens is 417 g/mol. The SMILES string of the molecule is O=C1O[C@H](CO)CN1c1ccc(N2CCC(Oc3cc(Cl)ccc3Cl)CC2)nc1. The van der Waals surface area contributed by atoms with E-state index in [0.717, 1.165) is 31.7 Å². The summed E-state index contributed by atoms with van der Waals surface area (Å²) in [5, 5.41) is 10.3. The van der Waals surface area contributed by atoms with E-state index in [1.165, 1.54) is 4.90 Å². The molecule has 2 aliphatic heterocycles. The average molecular weight is 438 g/mol. The van der Waals surface area contributed by atoms with Gasteiger partial charge in [-0.25, -0.2) is 9.78 Å². The molecule has 3 heterocycles. The van der Waals surface area contributed by atoms with Crippen molar-refractivity contribution in [2.24, 2.45) is 0 Å². The van der Waals surface area contributed by atoms with Crippen LogP contribution in [0.5, 0.6) is 5.75 Å². The van der Waals surface area contributed by atoms with Gasteiger partial charge in [0.25, 0.3) is 0 Å². The van der Waals surface area contributed by atoms with Gasteiger partial charge in [0.15, 0.2) is 0 Å². The van der Waals surface area contributed by atoms with Crippen molar-refractivity contribution in [3.63, 3.8) is 0 Å². The van der Waals surface area contributed by atoms with E-state index >= 15 is 0 Å². The normalized spacial score (nSPS) is 20.1. The number of pyridine rings is 1. The van der Waals surface area contributed by atoms with Gasteiger partial charge in [-0.15, -0.1) is 0 Å². The maximum atomic E-state index is 11.9. The second-order valence-electron chi connectivity index (χ2n) is 7.05. The highest BCUT2D eigenvalue weighted by atomic mass is 35.5. The number of carbonyl (C=O) groups is 1. The average Bonchev–Trinajstić information content (AvgIpc) is 3.12. The molecule has 0 unspecified atom stereocenters. The smallest absolute Gasteiger partial charge is 0.414 e. The van der Waals surface area contributed by atoms with Crippen LogP contribution in [0.4, 0.5) is 16.3 Å². The van der Waals surface area contributed by atoms with E-state index in [1.807, 2.05) is 12.1 Å². The number of aliphatic hydroxyl groups excluding tert-OH is 1. The lowest BCUT2D eigenvalue weighted by molar-refractivity contribution is 0.0963. The molecule has 0 aliphatic carbocycles. The van der Waals surface area contributed by atoms with Crippen LogP contribution >= 0.6 is 23.2 Å². The highest BCUT2D eigenvalue weighted by molar-refractivity contribution is 6.34. The topological polar surface area (TPSA) is 75.1 Å². The molecule has 2 aliphatic rings. The van der Waals surface area contributed by atoms with E-state index in [9.17, 15) is 4.79 Å². The summed E-state index contributed by atoms with van der Waals surface area (Å²) in [5.74, 6) is 1.46. The fraction of sp³-hybridized carbons (Fsp3) is 0.400. The van der Waals surface area contributed by atoms with Crippen LogP contribution in [0.25, 0.3) is 0 Å². The van der Waals surface area contributed by atoms with E-state index in [2.05, 4.69) is 9.88 Å². The van der Waals surface area contributed by atoms with E-state index < -0.39 is 12.2 Å². The van der Waals surface area contributed by atoms with Gasteiger partial charge in [-0.3, -0.25) is 4.90 Å². The minimum absolute atomic E-state index is 0.0660. The molecule has 1 amide bonds. The number of ether oxygens (including phenoxy) is 2. The number of piperidine rings is 1. The van der Waals surface area contributed by atoms with Gasteiger partial charge in [-0.1, -0.05) is 23.2 Å². The number of nitrogens with zero attached hydrogens (tertiary/aromatic N) is 3. The minimum atomic E-state index is -0.491. The summed E-state index contributed by atoms with van der Waals surface area (Å²) in [4.78, 5) is 20.0. The van der Waals surface area contributed by atoms with Crippen LogP contribution in [-0.4, -0.2) is 54.6 Å². The fourth-order valence-electron chi connectivity index (χ4n) is 3.50. The van der Waals surface area contributed by atoms with Gasteiger partial charge in [0.1, 0.15) is 23.8 Å². The Morgan fingerprint density at radius 1 is 1.21 bits per heavy atom. The lowest BCUT2D eigenvalue weighted by atomic mass is 10.1. The number of aromatic nitrogens is 1. The van der Waals surface area contributed by atoms with Gasteiger partial charge < -0.3 is 19.5 Å². The molecule has 1 aromatic carbocycles. The highest BCUT2D eigenvalue weighted by Gasteiger charge is 2.32. The third-order valence-electron chi connectivity index (χ3n) is 5.07. The Morgan fingerprint density at radius 2 is 2.00 bits per heavy atom. The van der Waals surface area contributed by atoms with Crippen LogP contribution in [0.2, 0.25) is 10.0 Å². The zero-order valence-corrected chi connectivity index (χ0v) is 17.1.